The van der Waals surface area contributed by atoms with E-state index in [1.807, 2.05) is 75.4 Å². The third-order valence-electron chi connectivity index (χ3n) is 5.26. The normalized spacial score (nSPS) is 11.0. The van der Waals surface area contributed by atoms with Gasteiger partial charge in [0.15, 0.2) is 5.75 Å². The number of amides is 1. The van der Waals surface area contributed by atoms with Crippen LogP contribution in [-0.4, -0.2) is 22.4 Å². The SMILES string of the molecule is CC(C)(C)N(C(=O)c1ccccc1)c1cc(-c2ccccc2)ncc1OC(=O)c1ccccc1. The van der Waals surface area contributed by atoms with Gasteiger partial charge in [0.05, 0.1) is 23.1 Å². The van der Waals surface area contributed by atoms with Crippen LogP contribution in [0.15, 0.2) is 103 Å². The fraction of sp³-hybridized carbons (Fsp3) is 0.138. The molecule has 0 spiro atoms. The molecular weight excluding hydrogens is 424 g/mol. The fourth-order valence-electron chi connectivity index (χ4n) is 3.67. The highest BCUT2D eigenvalue weighted by Crippen LogP contribution is 2.37. The number of carbonyl (C=O) groups excluding carboxylic acids is 2. The molecule has 0 bridgehead atoms. The van der Waals surface area contributed by atoms with Crippen molar-refractivity contribution in [1.29, 1.82) is 0 Å². The van der Waals surface area contributed by atoms with E-state index in [-0.39, 0.29) is 11.7 Å². The van der Waals surface area contributed by atoms with E-state index in [0.717, 1.165) is 5.56 Å². The zero-order valence-corrected chi connectivity index (χ0v) is 19.4. The Morgan fingerprint density at radius 3 is 1.85 bits per heavy atom. The molecule has 5 nitrogen and oxygen atoms in total. The van der Waals surface area contributed by atoms with E-state index in [1.54, 1.807) is 47.4 Å². The van der Waals surface area contributed by atoms with Crippen molar-refractivity contribution in [1.82, 2.24) is 4.98 Å². The molecule has 0 N–H and O–H groups in total. The molecule has 0 atom stereocenters. The molecule has 1 amide bonds. The van der Waals surface area contributed by atoms with E-state index in [0.29, 0.717) is 22.5 Å². The second kappa shape index (κ2) is 9.71. The van der Waals surface area contributed by atoms with Crippen LogP contribution in [-0.2, 0) is 0 Å². The van der Waals surface area contributed by atoms with Crippen molar-refractivity contribution in [2.45, 2.75) is 26.3 Å². The summed E-state index contributed by atoms with van der Waals surface area (Å²) in [6.45, 7) is 5.83. The minimum Gasteiger partial charge on any atom is -0.419 e. The number of hydrogen-bond donors (Lipinski definition) is 0. The predicted octanol–water partition coefficient (Wildman–Crippen LogP) is 6.41. The highest BCUT2D eigenvalue weighted by atomic mass is 16.5. The quantitative estimate of drug-likeness (QED) is 0.330. The zero-order valence-electron chi connectivity index (χ0n) is 19.4. The topological polar surface area (TPSA) is 59.5 Å². The Balaban J connectivity index is 1.85. The number of rotatable bonds is 5. The lowest BCUT2D eigenvalue weighted by molar-refractivity contribution is 0.0732. The number of esters is 1. The van der Waals surface area contributed by atoms with E-state index >= 15 is 0 Å². The van der Waals surface area contributed by atoms with Gasteiger partial charge in [-0.2, -0.15) is 0 Å². The van der Waals surface area contributed by atoms with E-state index in [9.17, 15) is 9.59 Å². The molecule has 3 aromatic carbocycles. The molecular formula is C29H26N2O3. The molecule has 4 aromatic rings. The van der Waals surface area contributed by atoms with Gasteiger partial charge < -0.3 is 4.74 Å². The van der Waals surface area contributed by atoms with Crippen molar-refractivity contribution in [3.05, 3.63) is 114 Å². The van der Waals surface area contributed by atoms with Gasteiger partial charge in [-0.25, -0.2) is 4.79 Å². The molecule has 0 fully saturated rings. The molecule has 1 heterocycles. The van der Waals surface area contributed by atoms with E-state index in [2.05, 4.69) is 4.98 Å². The molecule has 0 saturated heterocycles. The van der Waals surface area contributed by atoms with Crippen molar-refractivity contribution in [2.75, 3.05) is 4.90 Å². The molecule has 0 aliphatic heterocycles. The smallest absolute Gasteiger partial charge is 0.343 e. The van der Waals surface area contributed by atoms with Crippen LogP contribution in [0, 0.1) is 0 Å². The second-order valence-electron chi connectivity index (χ2n) is 8.84. The molecule has 0 radical (unpaired) electrons. The van der Waals surface area contributed by atoms with Crippen LogP contribution in [0.2, 0.25) is 0 Å². The highest BCUT2D eigenvalue weighted by Gasteiger charge is 2.32. The van der Waals surface area contributed by atoms with Crippen LogP contribution in [0.1, 0.15) is 41.5 Å². The van der Waals surface area contributed by atoms with Crippen LogP contribution in [0.4, 0.5) is 5.69 Å². The van der Waals surface area contributed by atoms with E-state index in [4.69, 9.17) is 4.74 Å². The molecule has 4 rings (SSSR count). The van der Waals surface area contributed by atoms with E-state index in [1.165, 1.54) is 6.20 Å². The first-order chi connectivity index (χ1) is 16.3. The van der Waals surface area contributed by atoms with Crippen LogP contribution in [0.5, 0.6) is 5.75 Å². The number of ether oxygens (including phenoxy) is 1. The van der Waals surface area contributed by atoms with Crippen LogP contribution in [0.3, 0.4) is 0 Å². The molecule has 0 aliphatic carbocycles. The maximum Gasteiger partial charge on any atom is 0.343 e. The van der Waals surface area contributed by atoms with Crippen molar-refractivity contribution < 1.29 is 14.3 Å². The van der Waals surface area contributed by atoms with Crippen molar-refractivity contribution in [2.24, 2.45) is 0 Å². The average Bonchev–Trinajstić information content (AvgIpc) is 2.86. The van der Waals surface area contributed by atoms with Gasteiger partial charge in [-0.1, -0.05) is 66.7 Å². The number of nitrogens with zero attached hydrogens (tertiary/aromatic N) is 2. The summed E-state index contributed by atoms with van der Waals surface area (Å²) in [4.78, 5) is 32.8. The molecule has 34 heavy (non-hydrogen) atoms. The Morgan fingerprint density at radius 1 is 0.765 bits per heavy atom. The average molecular weight is 451 g/mol. The summed E-state index contributed by atoms with van der Waals surface area (Å²) in [7, 11) is 0. The van der Waals surface area contributed by atoms with Gasteiger partial charge in [-0.3, -0.25) is 14.7 Å². The summed E-state index contributed by atoms with van der Waals surface area (Å²) in [5.74, 6) is -0.500. The molecule has 0 aliphatic rings. The van der Waals surface area contributed by atoms with Gasteiger partial charge >= 0.3 is 5.97 Å². The third-order valence-corrected chi connectivity index (χ3v) is 5.26. The van der Waals surface area contributed by atoms with Crippen molar-refractivity contribution in [3.63, 3.8) is 0 Å². The van der Waals surface area contributed by atoms with Crippen LogP contribution < -0.4 is 9.64 Å². The maximum absolute atomic E-state index is 13.7. The standard InChI is InChI=1S/C29H26N2O3/c1-29(2,3)31(27(32)22-15-9-5-10-16-22)25-19-24(21-13-7-4-8-14-21)30-20-26(25)34-28(33)23-17-11-6-12-18-23/h4-20H,1-3H3. The Kier molecular flexibility index (Phi) is 6.55. The molecule has 0 unspecified atom stereocenters. The summed E-state index contributed by atoms with van der Waals surface area (Å²) in [5.41, 5.74) is 2.37. The van der Waals surface area contributed by atoms with E-state index < -0.39 is 11.5 Å². The van der Waals surface area contributed by atoms with Gasteiger partial charge in [0.1, 0.15) is 0 Å². The van der Waals surface area contributed by atoms with Crippen LogP contribution >= 0.6 is 0 Å². The zero-order chi connectivity index (χ0) is 24.1. The first kappa shape index (κ1) is 22.9. The predicted molar refractivity (Wildman–Crippen MR) is 134 cm³/mol. The number of benzene rings is 3. The molecule has 0 saturated carbocycles. The lowest BCUT2D eigenvalue weighted by atomic mass is 10.0. The summed E-state index contributed by atoms with van der Waals surface area (Å²) < 4.78 is 5.79. The fourth-order valence-corrected chi connectivity index (χ4v) is 3.67. The number of pyridine rings is 1. The van der Waals surface area contributed by atoms with Gasteiger partial charge in [0, 0.05) is 16.7 Å². The Labute approximate surface area is 199 Å². The van der Waals surface area contributed by atoms with Crippen molar-refractivity contribution in [3.8, 4) is 17.0 Å². The Morgan fingerprint density at radius 2 is 1.29 bits per heavy atom. The first-order valence-corrected chi connectivity index (χ1v) is 11.1. The van der Waals surface area contributed by atoms with Gasteiger partial charge in [-0.05, 0) is 51.1 Å². The molecule has 5 heteroatoms. The molecule has 1 aromatic heterocycles. The van der Waals surface area contributed by atoms with Crippen molar-refractivity contribution >= 4 is 17.6 Å². The molecule has 170 valence electrons. The minimum absolute atomic E-state index is 0.199. The lowest BCUT2D eigenvalue weighted by Gasteiger charge is -2.36. The number of hydrogen-bond acceptors (Lipinski definition) is 4. The number of carbonyl (C=O) groups is 2. The second-order valence-corrected chi connectivity index (χ2v) is 8.84. The van der Waals surface area contributed by atoms with Gasteiger partial charge in [-0.15, -0.1) is 0 Å². The Bertz CT molecular complexity index is 1280. The summed E-state index contributed by atoms with van der Waals surface area (Å²) in [5, 5.41) is 0. The van der Waals surface area contributed by atoms with Gasteiger partial charge in [0.2, 0.25) is 0 Å². The van der Waals surface area contributed by atoms with Crippen LogP contribution in [0.25, 0.3) is 11.3 Å². The summed E-state index contributed by atoms with van der Waals surface area (Å²) in [6, 6.07) is 29.3. The van der Waals surface area contributed by atoms with Gasteiger partial charge in [0.25, 0.3) is 5.91 Å². The Hall–Kier alpha value is -4.25. The summed E-state index contributed by atoms with van der Waals surface area (Å²) >= 11 is 0. The largest absolute Gasteiger partial charge is 0.419 e. The summed E-state index contributed by atoms with van der Waals surface area (Å²) in [6.07, 6.45) is 1.51. The third kappa shape index (κ3) is 5.04. The minimum atomic E-state index is -0.615. The highest BCUT2D eigenvalue weighted by molar-refractivity contribution is 6.08. The monoisotopic (exact) mass is 450 g/mol. The maximum atomic E-state index is 13.7. The number of anilines is 1. The number of aromatic nitrogens is 1. The first-order valence-electron chi connectivity index (χ1n) is 11.1. The lowest BCUT2D eigenvalue weighted by Crippen LogP contribution is -2.46.